The third kappa shape index (κ3) is 2.49. The van der Waals surface area contributed by atoms with Gasteiger partial charge in [0.1, 0.15) is 0 Å². The molecule has 0 saturated carbocycles. The van der Waals surface area contributed by atoms with Crippen LogP contribution in [0.2, 0.25) is 5.02 Å². The maximum Gasteiger partial charge on any atom is 0.226 e. The van der Waals surface area contributed by atoms with E-state index >= 15 is 0 Å². The molecule has 1 amide bonds. The number of nitrogens with zero attached hydrogens (tertiary/aromatic N) is 1. The van der Waals surface area contributed by atoms with E-state index in [1.165, 1.54) is 5.56 Å². The minimum atomic E-state index is -0.391. The highest BCUT2D eigenvalue weighted by Gasteiger charge is 2.30. The third-order valence-electron chi connectivity index (χ3n) is 4.62. The predicted molar refractivity (Wildman–Crippen MR) is 93.9 cm³/mol. The van der Waals surface area contributed by atoms with Crippen LogP contribution in [-0.4, -0.2) is 16.1 Å². The number of carbonyl (C=O) groups is 1. The van der Waals surface area contributed by atoms with Crippen LogP contribution in [0.3, 0.4) is 0 Å². The van der Waals surface area contributed by atoms with E-state index < -0.39 is 5.92 Å². The number of benzene rings is 2. The van der Waals surface area contributed by atoms with Gasteiger partial charge in [-0.15, -0.1) is 0 Å². The molecule has 1 aliphatic carbocycles. The van der Waals surface area contributed by atoms with Crippen molar-refractivity contribution in [3.63, 3.8) is 0 Å². The summed E-state index contributed by atoms with van der Waals surface area (Å²) in [6, 6.07) is 15.7. The fourth-order valence-electron chi connectivity index (χ4n) is 3.38. The van der Waals surface area contributed by atoms with Crippen molar-refractivity contribution in [2.24, 2.45) is 5.73 Å². The molecule has 4 nitrogen and oxygen atoms in total. The van der Waals surface area contributed by atoms with Crippen molar-refractivity contribution in [3.05, 3.63) is 75.9 Å². The van der Waals surface area contributed by atoms with E-state index in [1.54, 1.807) is 0 Å². The highest BCUT2D eigenvalue weighted by atomic mass is 35.5. The second kappa shape index (κ2) is 5.80. The Bertz CT molecular complexity index is 915. The number of nitrogens with two attached hydrogens (primary N) is 1. The van der Waals surface area contributed by atoms with Crippen LogP contribution in [0.1, 0.15) is 28.3 Å². The Kier molecular flexibility index (Phi) is 3.62. The molecule has 4 rings (SSSR count). The van der Waals surface area contributed by atoms with Crippen LogP contribution in [0.4, 0.5) is 0 Å². The molecule has 1 unspecified atom stereocenters. The Morgan fingerprint density at radius 3 is 2.54 bits per heavy atom. The topological polar surface area (TPSA) is 71.8 Å². The van der Waals surface area contributed by atoms with Crippen LogP contribution in [0.5, 0.6) is 0 Å². The summed E-state index contributed by atoms with van der Waals surface area (Å²) in [5, 5.41) is 8.21. The fourth-order valence-corrected chi connectivity index (χ4v) is 3.50. The average molecular weight is 338 g/mol. The van der Waals surface area contributed by atoms with Crippen LogP contribution in [0.15, 0.2) is 48.5 Å². The van der Waals surface area contributed by atoms with Crippen LogP contribution < -0.4 is 5.73 Å². The quantitative estimate of drug-likeness (QED) is 0.751. The summed E-state index contributed by atoms with van der Waals surface area (Å²) < 4.78 is 0. The molecular formula is C19H16ClN3O. The third-order valence-corrected chi connectivity index (χ3v) is 4.87. The van der Waals surface area contributed by atoms with E-state index in [4.69, 9.17) is 17.3 Å². The first-order valence-electron chi connectivity index (χ1n) is 7.82. The summed E-state index contributed by atoms with van der Waals surface area (Å²) in [6.45, 7) is 0. The summed E-state index contributed by atoms with van der Waals surface area (Å²) in [7, 11) is 0. The minimum Gasteiger partial charge on any atom is -0.369 e. The van der Waals surface area contributed by atoms with E-state index in [-0.39, 0.29) is 5.91 Å². The van der Waals surface area contributed by atoms with Gasteiger partial charge >= 0.3 is 0 Å². The number of nitrogens with one attached hydrogen (secondary N) is 1. The second-order valence-electron chi connectivity index (χ2n) is 6.08. The SMILES string of the molecule is NC(=O)C1Cc2ccccc2Cc2c(-c3ccc(Cl)cc3)n[nH]c21. The molecule has 1 aliphatic rings. The van der Waals surface area contributed by atoms with E-state index in [9.17, 15) is 4.79 Å². The van der Waals surface area contributed by atoms with Crippen LogP contribution in [0.25, 0.3) is 11.3 Å². The molecule has 0 saturated heterocycles. The van der Waals surface area contributed by atoms with Gasteiger partial charge < -0.3 is 5.73 Å². The summed E-state index contributed by atoms with van der Waals surface area (Å²) in [5.41, 5.74) is 11.7. The lowest BCUT2D eigenvalue weighted by molar-refractivity contribution is -0.119. The number of fused-ring (bicyclic) bond motifs is 2. The maximum atomic E-state index is 12.0. The number of rotatable bonds is 2. The zero-order chi connectivity index (χ0) is 16.7. The van der Waals surface area contributed by atoms with Gasteiger partial charge in [0.05, 0.1) is 17.3 Å². The van der Waals surface area contributed by atoms with Crippen molar-refractivity contribution in [2.45, 2.75) is 18.8 Å². The molecule has 0 aliphatic heterocycles. The Morgan fingerprint density at radius 2 is 1.83 bits per heavy atom. The van der Waals surface area contributed by atoms with E-state index in [0.29, 0.717) is 11.4 Å². The zero-order valence-electron chi connectivity index (χ0n) is 12.9. The van der Waals surface area contributed by atoms with Crippen molar-refractivity contribution < 1.29 is 4.79 Å². The van der Waals surface area contributed by atoms with Crippen LogP contribution in [-0.2, 0) is 17.6 Å². The van der Waals surface area contributed by atoms with Crippen molar-refractivity contribution >= 4 is 17.5 Å². The maximum absolute atomic E-state index is 12.0. The van der Waals surface area contributed by atoms with Gasteiger partial charge in [0, 0.05) is 22.6 Å². The number of aromatic amines is 1. The number of H-pyrrole nitrogens is 1. The van der Waals surface area contributed by atoms with Crippen molar-refractivity contribution in [1.82, 2.24) is 10.2 Å². The standard InChI is InChI=1S/C19H16ClN3O/c20-14-7-5-11(6-8-14)17-15-9-12-3-1-2-4-13(12)10-16(19(21)24)18(15)23-22-17/h1-8,16H,9-10H2,(H2,21,24)(H,22,23). The number of amides is 1. The number of hydrogen-bond donors (Lipinski definition) is 2. The molecule has 24 heavy (non-hydrogen) atoms. The van der Waals surface area contributed by atoms with Gasteiger partial charge in [0.25, 0.3) is 0 Å². The Balaban J connectivity index is 1.89. The molecule has 2 aromatic carbocycles. The van der Waals surface area contributed by atoms with Gasteiger partial charge in [0.2, 0.25) is 5.91 Å². The second-order valence-corrected chi connectivity index (χ2v) is 6.51. The molecule has 0 spiro atoms. The molecule has 0 bridgehead atoms. The molecule has 3 N–H and O–H groups in total. The monoisotopic (exact) mass is 337 g/mol. The van der Waals surface area contributed by atoms with Crippen LogP contribution >= 0.6 is 11.6 Å². The van der Waals surface area contributed by atoms with Gasteiger partial charge in [-0.3, -0.25) is 9.89 Å². The summed E-state index contributed by atoms with van der Waals surface area (Å²) >= 11 is 5.98. The highest BCUT2D eigenvalue weighted by Crippen LogP contribution is 2.36. The molecule has 1 atom stereocenters. The first kappa shape index (κ1) is 15.0. The van der Waals surface area contributed by atoms with Gasteiger partial charge in [-0.2, -0.15) is 5.10 Å². The number of hydrogen-bond acceptors (Lipinski definition) is 2. The van der Waals surface area contributed by atoms with Crippen LogP contribution in [0, 0.1) is 0 Å². The van der Waals surface area contributed by atoms with E-state index in [1.807, 2.05) is 36.4 Å². The molecule has 3 aromatic rings. The highest BCUT2D eigenvalue weighted by molar-refractivity contribution is 6.30. The predicted octanol–water partition coefficient (Wildman–Crippen LogP) is 3.45. The molecule has 1 aromatic heterocycles. The van der Waals surface area contributed by atoms with Gasteiger partial charge in [-0.25, -0.2) is 0 Å². The lowest BCUT2D eigenvalue weighted by Gasteiger charge is -2.10. The number of halogens is 1. The normalized spacial score (nSPS) is 16.1. The molecule has 120 valence electrons. The first-order chi connectivity index (χ1) is 11.6. The van der Waals surface area contributed by atoms with E-state index in [2.05, 4.69) is 22.3 Å². The summed E-state index contributed by atoms with van der Waals surface area (Å²) in [6.07, 6.45) is 1.32. The molecule has 1 heterocycles. The lowest BCUT2D eigenvalue weighted by atomic mass is 9.95. The fraction of sp³-hybridized carbons (Fsp3) is 0.158. The number of aromatic nitrogens is 2. The Morgan fingerprint density at radius 1 is 1.12 bits per heavy atom. The molecular weight excluding hydrogens is 322 g/mol. The van der Waals surface area contributed by atoms with Crippen molar-refractivity contribution in [1.29, 1.82) is 0 Å². The Labute approximate surface area is 144 Å². The van der Waals surface area contributed by atoms with Gasteiger partial charge in [0.15, 0.2) is 0 Å². The van der Waals surface area contributed by atoms with Crippen molar-refractivity contribution in [3.8, 4) is 11.3 Å². The first-order valence-corrected chi connectivity index (χ1v) is 8.20. The summed E-state index contributed by atoms with van der Waals surface area (Å²) in [4.78, 5) is 12.0. The van der Waals surface area contributed by atoms with Gasteiger partial charge in [-0.05, 0) is 29.7 Å². The number of carbonyl (C=O) groups excluding carboxylic acids is 1. The Hall–Kier alpha value is -2.59. The summed E-state index contributed by atoms with van der Waals surface area (Å²) in [5.74, 6) is -0.726. The molecule has 5 heteroatoms. The molecule has 0 fully saturated rings. The van der Waals surface area contributed by atoms with Crippen molar-refractivity contribution in [2.75, 3.05) is 0 Å². The molecule has 0 radical (unpaired) electrons. The smallest absolute Gasteiger partial charge is 0.226 e. The number of primary amides is 1. The average Bonchev–Trinajstić information content (AvgIpc) is 2.90. The van der Waals surface area contributed by atoms with Gasteiger partial charge in [-0.1, -0.05) is 48.0 Å². The largest absolute Gasteiger partial charge is 0.369 e. The zero-order valence-corrected chi connectivity index (χ0v) is 13.7. The minimum absolute atomic E-state index is 0.334. The van der Waals surface area contributed by atoms with E-state index in [0.717, 1.165) is 34.5 Å². The lowest BCUT2D eigenvalue weighted by Crippen LogP contribution is -2.23.